The van der Waals surface area contributed by atoms with E-state index in [1.165, 1.54) is 57.0 Å². The smallest absolute Gasteiger partial charge is 0.234 e. The van der Waals surface area contributed by atoms with Crippen LogP contribution in [-0.2, 0) is 12.8 Å². The number of aromatic nitrogens is 4. The summed E-state index contributed by atoms with van der Waals surface area (Å²) in [6.45, 7) is 0. The SMILES string of the molecule is c1ccc(-c2cnc(-n3c4ccccc4c4ccc5c6c(n(-c7ccccc7)c5c43)CCCC6)nc2)cc1. The predicted octanol–water partition coefficient (Wildman–Crippen LogP) is 8.06. The Morgan fingerprint density at radius 1 is 0.526 bits per heavy atom. The van der Waals surface area contributed by atoms with Crippen LogP contribution in [0.5, 0.6) is 0 Å². The van der Waals surface area contributed by atoms with E-state index in [0.29, 0.717) is 5.95 Å². The number of aryl methyl sites for hydroxylation is 1. The van der Waals surface area contributed by atoms with E-state index in [2.05, 4.69) is 88.0 Å². The van der Waals surface area contributed by atoms with Gasteiger partial charge in [0.05, 0.1) is 16.6 Å². The van der Waals surface area contributed by atoms with Crippen molar-refractivity contribution in [3.05, 3.63) is 121 Å². The molecule has 0 aliphatic heterocycles. The highest BCUT2D eigenvalue weighted by atomic mass is 15.2. The molecule has 0 unspecified atom stereocenters. The molecule has 0 amide bonds. The van der Waals surface area contributed by atoms with E-state index in [-0.39, 0.29) is 0 Å². The van der Waals surface area contributed by atoms with Crippen molar-refractivity contribution in [2.75, 3.05) is 0 Å². The van der Waals surface area contributed by atoms with Gasteiger partial charge in [0.1, 0.15) is 0 Å². The normalized spacial score (nSPS) is 13.4. The van der Waals surface area contributed by atoms with E-state index in [9.17, 15) is 0 Å². The topological polar surface area (TPSA) is 35.6 Å². The monoisotopic (exact) mass is 490 g/mol. The van der Waals surface area contributed by atoms with Gasteiger partial charge in [-0.1, -0.05) is 78.9 Å². The summed E-state index contributed by atoms with van der Waals surface area (Å²) in [5.74, 6) is 0.696. The molecule has 38 heavy (non-hydrogen) atoms. The first-order valence-electron chi connectivity index (χ1n) is 13.4. The average molecular weight is 491 g/mol. The predicted molar refractivity (Wildman–Crippen MR) is 155 cm³/mol. The fourth-order valence-electron chi connectivity index (χ4n) is 6.36. The highest BCUT2D eigenvalue weighted by molar-refractivity contribution is 6.18. The second-order valence-corrected chi connectivity index (χ2v) is 10.2. The van der Waals surface area contributed by atoms with Gasteiger partial charge < -0.3 is 4.57 Å². The molecule has 0 radical (unpaired) electrons. The zero-order chi connectivity index (χ0) is 25.1. The second-order valence-electron chi connectivity index (χ2n) is 10.2. The molecule has 4 heteroatoms. The Bertz CT molecular complexity index is 1950. The minimum atomic E-state index is 0.696. The first-order valence-corrected chi connectivity index (χ1v) is 13.4. The number of para-hydroxylation sites is 2. The van der Waals surface area contributed by atoms with E-state index in [1.807, 2.05) is 30.6 Å². The summed E-state index contributed by atoms with van der Waals surface area (Å²) in [5.41, 5.74) is 9.85. The highest BCUT2D eigenvalue weighted by Gasteiger charge is 2.25. The Balaban J connectivity index is 1.49. The summed E-state index contributed by atoms with van der Waals surface area (Å²) in [7, 11) is 0. The van der Waals surface area contributed by atoms with E-state index in [4.69, 9.17) is 9.97 Å². The van der Waals surface area contributed by atoms with Crippen LogP contribution in [0.2, 0.25) is 0 Å². The van der Waals surface area contributed by atoms with Gasteiger partial charge in [-0.2, -0.15) is 0 Å². The van der Waals surface area contributed by atoms with Gasteiger partial charge in [0.2, 0.25) is 5.95 Å². The van der Waals surface area contributed by atoms with Crippen LogP contribution in [0, 0.1) is 0 Å². The largest absolute Gasteiger partial charge is 0.311 e. The number of nitrogens with zero attached hydrogens (tertiary/aromatic N) is 4. The van der Waals surface area contributed by atoms with Crippen molar-refractivity contribution in [1.29, 1.82) is 0 Å². The Morgan fingerprint density at radius 3 is 2.00 bits per heavy atom. The van der Waals surface area contributed by atoms with Crippen LogP contribution < -0.4 is 0 Å². The molecular formula is C34H26N4. The molecular weight excluding hydrogens is 464 g/mol. The van der Waals surface area contributed by atoms with Gasteiger partial charge in [-0.25, -0.2) is 9.97 Å². The van der Waals surface area contributed by atoms with E-state index >= 15 is 0 Å². The maximum atomic E-state index is 4.93. The number of rotatable bonds is 3. The van der Waals surface area contributed by atoms with Crippen LogP contribution >= 0.6 is 0 Å². The van der Waals surface area contributed by atoms with Gasteiger partial charge in [0.15, 0.2) is 0 Å². The second kappa shape index (κ2) is 8.42. The van der Waals surface area contributed by atoms with Gasteiger partial charge >= 0.3 is 0 Å². The molecule has 0 atom stereocenters. The molecule has 0 N–H and O–H groups in total. The van der Waals surface area contributed by atoms with Crippen molar-refractivity contribution >= 4 is 32.7 Å². The van der Waals surface area contributed by atoms with Crippen LogP contribution in [0.3, 0.4) is 0 Å². The molecule has 182 valence electrons. The molecule has 0 fully saturated rings. The van der Waals surface area contributed by atoms with Gasteiger partial charge in [-0.05, 0) is 55.0 Å². The van der Waals surface area contributed by atoms with Crippen molar-refractivity contribution in [2.45, 2.75) is 25.7 Å². The molecule has 4 nitrogen and oxygen atoms in total. The maximum absolute atomic E-state index is 4.93. The molecule has 1 aliphatic carbocycles. The van der Waals surface area contributed by atoms with E-state index in [0.717, 1.165) is 29.5 Å². The molecule has 0 spiro atoms. The summed E-state index contributed by atoms with van der Waals surface area (Å²) in [4.78, 5) is 9.86. The molecule has 0 saturated heterocycles. The standard InChI is InChI=1S/C34H26N4/c1-3-11-23(12-4-1)24-21-35-34(36-22-24)38-31-18-10-8-16-27(31)29-20-19-28-26-15-7-9-17-30(26)37(32(28)33(29)38)25-13-5-2-6-14-25/h1-6,8,10-14,16,18-22H,7,9,15,17H2. The molecule has 3 aromatic heterocycles. The number of fused-ring (bicyclic) bond motifs is 7. The summed E-state index contributed by atoms with van der Waals surface area (Å²) >= 11 is 0. The minimum absolute atomic E-state index is 0.696. The lowest BCUT2D eigenvalue weighted by Gasteiger charge is -2.16. The van der Waals surface area contributed by atoms with Crippen LogP contribution in [0.4, 0.5) is 0 Å². The first-order chi connectivity index (χ1) is 18.9. The quantitative estimate of drug-likeness (QED) is 0.251. The number of hydrogen-bond donors (Lipinski definition) is 0. The maximum Gasteiger partial charge on any atom is 0.234 e. The third-order valence-electron chi connectivity index (χ3n) is 8.03. The minimum Gasteiger partial charge on any atom is -0.311 e. The first kappa shape index (κ1) is 21.4. The molecule has 3 heterocycles. The van der Waals surface area contributed by atoms with Crippen LogP contribution in [0.15, 0.2) is 109 Å². The Hall–Kier alpha value is -4.70. The van der Waals surface area contributed by atoms with Gasteiger partial charge in [-0.3, -0.25) is 4.57 Å². The zero-order valence-electron chi connectivity index (χ0n) is 21.0. The molecule has 0 saturated carbocycles. The Morgan fingerprint density at radius 2 is 1.18 bits per heavy atom. The summed E-state index contributed by atoms with van der Waals surface area (Å²) in [5, 5.41) is 3.80. The molecule has 1 aliphatic rings. The highest BCUT2D eigenvalue weighted by Crippen LogP contribution is 2.42. The van der Waals surface area contributed by atoms with E-state index < -0.39 is 0 Å². The lowest BCUT2D eigenvalue weighted by atomic mass is 9.95. The molecule has 0 bridgehead atoms. The molecule has 8 rings (SSSR count). The lowest BCUT2D eigenvalue weighted by molar-refractivity contribution is 0.667. The van der Waals surface area contributed by atoms with Crippen LogP contribution in [0.25, 0.3) is 55.5 Å². The van der Waals surface area contributed by atoms with Crippen LogP contribution in [0.1, 0.15) is 24.1 Å². The fourth-order valence-corrected chi connectivity index (χ4v) is 6.36. The number of benzene rings is 4. The van der Waals surface area contributed by atoms with Crippen molar-refractivity contribution < 1.29 is 0 Å². The lowest BCUT2D eigenvalue weighted by Crippen LogP contribution is -2.07. The molecule has 4 aromatic carbocycles. The summed E-state index contributed by atoms with van der Waals surface area (Å²) < 4.78 is 4.78. The van der Waals surface area contributed by atoms with E-state index in [1.54, 1.807) is 0 Å². The molecule has 7 aromatic rings. The van der Waals surface area contributed by atoms with Crippen LogP contribution in [-0.4, -0.2) is 19.1 Å². The Kier molecular flexibility index (Phi) is 4.74. The third kappa shape index (κ3) is 3.10. The van der Waals surface area contributed by atoms with Crippen molar-refractivity contribution in [2.24, 2.45) is 0 Å². The van der Waals surface area contributed by atoms with Crippen molar-refractivity contribution in [3.8, 4) is 22.8 Å². The van der Waals surface area contributed by atoms with Gasteiger partial charge in [0, 0.05) is 45.5 Å². The third-order valence-corrected chi connectivity index (χ3v) is 8.03. The van der Waals surface area contributed by atoms with Crippen molar-refractivity contribution in [1.82, 2.24) is 19.1 Å². The van der Waals surface area contributed by atoms with Gasteiger partial charge in [-0.15, -0.1) is 0 Å². The number of hydrogen-bond acceptors (Lipinski definition) is 2. The van der Waals surface area contributed by atoms with Crippen molar-refractivity contribution in [3.63, 3.8) is 0 Å². The fraction of sp³-hybridized carbons (Fsp3) is 0.118. The average Bonchev–Trinajstić information content (AvgIpc) is 3.51. The zero-order valence-corrected chi connectivity index (χ0v) is 21.0. The van der Waals surface area contributed by atoms with Gasteiger partial charge in [0.25, 0.3) is 0 Å². The summed E-state index contributed by atoms with van der Waals surface area (Å²) in [6.07, 6.45) is 8.58. The Labute approximate surface area is 220 Å². The summed E-state index contributed by atoms with van der Waals surface area (Å²) in [6, 6.07) is 34.4.